The van der Waals surface area contributed by atoms with Gasteiger partial charge in [-0.1, -0.05) is 13.8 Å². The second-order valence-corrected chi connectivity index (χ2v) is 3.46. The van der Waals surface area contributed by atoms with E-state index in [9.17, 15) is 9.59 Å². The molecule has 0 fully saturated rings. The molecule has 0 rings (SSSR count). The molecule has 0 bridgehead atoms. The summed E-state index contributed by atoms with van der Waals surface area (Å²) in [6.07, 6.45) is 1.25. The lowest BCUT2D eigenvalue weighted by molar-refractivity contribution is -0.162. The van der Waals surface area contributed by atoms with E-state index in [1.54, 1.807) is 6.92 Å². The molecule has 0 aliphatic rings. The maximum atomic E-state index is 11.7. The van der Waals surface area contributed by atoms with Crippen molar-refractivity contribution >= 4 is 11.9 Å². The molecule has 0 aromatic rings. The van der Waals surface area contributed by atoms with Gasteiger partial charge in [0.15, 0.2) is 0 Å². The smallest absolute Gasteiger partial charge is 0.312 e. The zero-order valence-corrected chi connectivity index (χ0v) is 9.96. The van der Waals surface area contributed by atoms with Gasteiger partial charge < -0.3 is 9.47 Å². The van der Waals surface area contributed by atoms with Crippen LogP contribution < -0.4 is 0 Å². The van der Waals surface area contributed by atoms with E-state index in [1.807, 2.05) is 13.8 Å². The fourth-order valence-electron chi connectivity index (χ4n) is 1.49. The number of hydrogen-bond donors (Lipinski definition) is 0. The molecule has 0 unspecified atom stereocenters. The van der Waals surface area contributed by atoms with Crippen LogP contribution in [0.3, 0.4) is 0 Å². The Hall–Kier alpha value is -1.06. The van der Waals surface area contributed by atoms with Crippen molar-refractivity contribution in [2.24, 2.45) is 5.41 Å². The highest BCUT2D eigenvalue weighted by Crippen LogP contribution is 2.32. The Kier molecular flexibility index (Phi) is 5.97. The summed E-state index contributed by atoms with van der Waals surface area (Å²) in [5.41, 5.74) is -0.719. The summed E-state index contributed by atoms with van der Waals surface area (Å²) >= 11 is 0. The van der Waals surface area contributed by atoms with E-state index < -0.39 is 5.41 Å². The highest BCUT2D eigenvalue weighted by atomic mass is 16.5. The molecule has 0 heterocycles. The van der Waals surface area contributed by atoms with E-state index in [2.05, 4.69) is 4.74 Å². The van der Waals surface area contributed by atoms with Crippen LogP contribution in [0.15, 0.2) is 0 Å². The minimum atomic E-state index is -0.719. The van der Waals surface area contributed by atoms with Gasteiger partial charge in [-0.05, 0) is 19.8 Å². The second kappa shape index (κ2) is 6.43. The fourth-order valence-corrected chi connectivity index (χ4v) is 1.49. The van der Waals surface area contributed by atoms with Crippen molar-refractivity contribution in [3.8, 4) is 0 Å². The van der Waals surface area contributed by atoms with Gasteiger partial charge in [0.25, 0.3) is 0 Å². The zero-order chi connectivity index (χ0) is 11.9. The van der Waals surface area contributed by atoms with Crippen LogP contribution in [0.4, 0.5) is 0 Å². The van der Waals surface area contributed by atoms with Gasteiger partial charge in [-0.3, -0.25) is 9.59 Å². The Morgan fingerprint density at radius 3 is 2.00 bits per heavy atom. The number of carbonyl (C=O) groups is 2. The Balaban J connectivity index is 4.70. The molecule has 0 aliphatic carbocycles. The molecule has 0 atom stereocenters. The number of esters is 2. The summed E-state index contributed by atoms with van der Waals surface area (Å²) in [6.45, 7) is 5.85. The van der Waals surface area contributed by atoms with Gasteiger partial charge in [0.2, 0.25) is 0 Å². The number of hydrogen-bond acceptors (Lipinski definition) is 4. The van der Waals surface area contributed by atoms with Crippen molar-refractivity contribution in [3.05, 3.63) is 0 Å². The first kappa shape index (κ1) is 13.9. The molecule has 4 nitrogen and oxygen atoms in total. The number of methoxy groups -OCH3 is 1. The molecule has 0 aromatic carbocycles. The van der Waals surface area contributed by atoms with Crippen molar-refractivity contribution in [2.45, 2.75) is 40.0 Å². The molecular weight excluding hydrogens is 196 g/mol. The van der Waals surface area contributed by atoms with Gasteiger partial charge in [0.1, 0.15) is 0 Å². The van der Waals surface area contributed by atoms with Gasteiger partial charge in [-0.25, -0.2) is 0 Å². The summed E-state index contributed by atoms with van der Waals surface area (Å²) in [7, 11) is 1.32. The fraction of sp³-hybridized carbons (Fsp3) is 0.818. The van der Waals surface area contributed by atoms with Crippen molar-refractivity contribution in [3.63, 3.8) is 0 Å². The maximum absolute atomic E-state index is 11.7. The SMILES string of the molecule is CCOC(=O)C(CC)(CC)CC(=O)OC. The topological polar surface area (TPSA) is 52.6 Å². The third kappa shape index (κ3) is 3.53. The van der Waals surface area contributed by atoms with Gasteiger partial charge in [0, 0.05) is 0 Å². The third-order valence-corrected chi connectivity index (χ3v) is 2.77. The average Bonchev–Trinajstić information content (AvgIpc) is 2.26. The first-order chi connectivity index (χ1) is 7.06. The summed E-state index contributed by atoms with van der Waals surface area (Å²) in [4.78, 5) is 23.0. The summed E-state index contributed by atoms with van der Waals surface area (Å²) in [5, 5.41) is 0. The third-order valence-electron chi connectivity index (χ3n) is 2.77. The summed E-state index contributed by atoms with van der Waals surface area (Å²) in [5.74, 6) is -0.674. The number of carbonyl (C=O) groups excluding carboxylic acids is 2. The largest absolute Gasteiger partial charge is 0.469 e. The van der Waals surface area contributed by atoms with Crippen LogP contribution in [0, 0.1) is 5.41 Å². The van der Waals surface area contributed by atoms with E-state index in [0.717, 1.165) is 0 Å². The van der Waals surface area contributed by atoms with Crippen molar-refractivity contribution < 1.29 is 19.1 Å². The molecule has 4 heteroatoms. The van der Waals surface area contributed by atoms with E-state index in [0.29, 0.717) is 19.4 Å². The standard InChI is InChI=1S/C11H20O4/c1-5-11(6-2,8-9(12)14-4)10(13)15-7-3/h5-8H2,1-4H3. The second-order valence-electron chi connectivity index (χ2n) is 3.46. The summed E-state index contributed by atoms with van der Waals surface area (Å²) < 4.78 is 9.58. The molecule has 0 N–H and O–H groups in total. The Labute approximate surface area is 90.9 Å². The quantitative estimate of drug-likeness (QED) is 0.636. The minimum Gasteiger partial charge on any atom is -0.469 e. The lowest BCUT2D eigenvalue weighted by Gasteiger charge is -2.27. The molecule has 88 valence electrons. The van der Waals surface area contributed by atoms with Crippen molar-refractivity contribution in [1.82, 2.24) is 0 Å². The molecule has 0 saturated heterocycles. The highest BCUT2D eigenvalue weighted by molar-refractivity contribution is 5.83. The van der Waals surface area contributed by atoms with Gasteiger partial charge in [0.05, 0.1) is 25.6 Å². The molecule has 0 radical (unpaired) electrons. The Morgan fingerprint density at radius 1 is 1.13 bits per heavy atom. The van der Waals surface area contributed by atoms with E-state index in [4.69, 9.17) is 4.74 Å². The first-order valence-electron chi connectivity index (χ1n) is 5.30. The van der Waals surface area contributed by atoms with Crippen LogP contribution in [-0.2, 0) is 19.1 Å². The van der Waals surface area contributed by atoms with Crippen LogP contribution in [-0.4, -0.2) is 25.7 Å². The Bertz CT molecular complexity index is 219. The lowest BCUT2D eigenvalue weighted by Crippen LogP contribution is -2.34. The normalized spacial score (nSPS) is 10.9. The van der Waals surface area contributed by atoms with Crippen LogP contribution >= 0.6 is 0 Å². The number of rotatable bonds is 6. The molecule has 0 aliphatic heterocycles. The highest BCUT2D eigenvalue weighted by Gasteiger charge is 2.38. The molecule has 0 aromatic heterocycles. The van der Waals surface area contributed by atoms with Crippen molar-refractivity contribution in [2.75, 3.05) is 13.7 Å². The van der Waals surface area contributed by atoms with Crippen LogP contribution in [0.25, 0.3) is 0 Å². The van der Waals surface area contributed by atoms with Crippen LogP contribution in [0.2, 0.25) is 0 Å². The van der Waals surface area contributed by atoms with Gasteiger partial charge in [-0.15, -0.1) is 0 Å². The molecule has 0 spiro atoms. The van der Waals surface area contributed by atoms with Gasteiger partial charge in [-0.2, -0.15) is 0 Å². The first-order valence-corrected chi connectivity index (χ1v) is 5.30. The van der Waals surface area contributed by atoms with Crippen LogP contribution in [0.1, 0.15) is 40.0 Å². The molecule has 0 amide bonds. The minimum absolute atomic E-state index is 0.0926. The van der Waals surface area contributed by atoms with E-state index >= 15 is 0 Å². The van der Waals surface area contributed by atoms with Crippen molar-refractivity contribution in [1.29, 1.82) is 0 Å². The lowest BCUT2D eigenvalue weighted by atomic mass is 9.79. The predicted octanol–water partition coefficient (Wildman–Crippen LogP) is 1.92. The monoisotopic (exact) mass is 216 g/mol. The Morgan fingerprint density at radius 2 is 1.67 bits per heavy atom. The molecule has 0 saturated carbocycles. The van der Waals surface area contributed by atoms with Crippen LogP contribution in [0.5, 0.6) is 0 Å². The predicted molar refractivity (Wildman–Crippen MR) is 56.3 cm³/mol. The molecular formula is C11H20O4. The molecule has 15 heavy (non-hydrogen) atoms. The van der Waals surface area contributed by atoms with Gasteiger partial charge >= 0.3 is 11.9 Å². The maximum Gasteiger partial charge on any atom is 0.312 e. The zero-order valence-electron chi connectivity index (χ0n) is 9.96. The number of ether oxygens (including phenoxy) is 2. The van der Waals surface area contributed by atoms with E-state index in [1.165, 1.54) is 7.11 Å². The average molecular weight is 216 g/mol. The summed E-state index contributed by atoms with van der Waals surface area (Å²) in [6, 6.07) is 0. The van der Waals surface area contributed by atoms with E-state index in [-0.39, 0.29) is 18.4 Å².